The molecule has 0 aromatic heterocycles. The molecule has 136 valence electrons. The lowest BCUT2D eigenvalue weighted by atomic mass is 9.95. The Bertz CT molecular complexity index is 643. The molecule has 0 aliphatic carbocycles. The molecule has 7 heteroatoms. The zero-order valence-electron chi connectivity index (χ0n) is 14.8. The minimum absolute atomic E-state index is 0.201. The predicted octanol–water partition coefficient (Wildman–Crippen LogP) is 2.46. The number of hydrogen-bond donors (Lipinski definition) is 2. The zero-order chi connectivity index (χ0) is 18.2. The van der Waals surface area contributed by atoms with Crippen molar-refractivity contribution >= 4 is 23.3 Å². The molecule has 1 aliphatic rings. The van der Waals surface area contributed by atoms with Crippen LogP contribution in [0.3, 0.4) is 0 Å². The lowest BCUT2D eigenvalue weighted by Gasteiger charge is -2.30. The summed E-state index contributed by atoms with van der Waals surface area (Å²) in [6, 6.07) is 7.25. The SMILES string of the molecule is CCCOc1ccc(C2NC(=S)NC(C)=C2C(=O)OCCOC)cc1. The fraction of sp³-hybridized carbons (Fsp3) is 0.444. The van der Waals surface area contributed by atoms with E-state index in [9.17, 15) is 4.79 Å². The second kappa shape index (κ2) is 9.39. The number of ether oxygens (including phenoxy) is 3. The fourth-order valence-electron chi connectivity index (χ4n) is 2.49. The average molecular weight is 364 g/mol. The summed E-state index contributed by atoms with van der Waals surface area (Å²) in [6.07, 6.45) is 0.950. The third-order valence-electron chi connectivity index (χ3n) is 3.70. The highest BCUT2D eigenvalue weighted by Crippen LogP contribution is 2.28. The van der Waals surface area contributed by atoms with E-state index in [4.69, 9.17) is 26.4 Å². The second-order valence-corrected chi connectivity index (χ2v) is 6.02. The van der Waals surface area contributed by atoms with Crippen molar-refractivity contribution in [1.29, 1.82) is 0 Å². The van der Waals surface area contributed by atoms with Crippen molar-refractivity contribution in [3.63, 3.8) is 0 Å². The summed E-state index contributed by atoms with van der Waals surface area (Å²) in [5.74, 6) is 0.403. The molecule has 2 rings (SSSR count). The van der Waals surface area contributed by atoms with Gasteiger partial charge in [0.2, 0.25) is 0 Å². The Morgan fingerprint density at radius 2 is 1.92 bits per heavy atom. The largest absolute Gasteiger partial charge is 0.494 e. The minimum atomic E-state index is -0.395. The van der Waals surface area contributed by atoms with Gasteiger partial charge in [0.1, 0.15) is 12.4 Å². The molecule has 2 N–H and O–H groups in total. The van der Waals surface area contributed by atoms with Gasteiger partial charge in [-0.1, -0.05) is 19.1 Å². The Kier molecular flexibility index (Phi) is 7.21. The molecular weight excluding hydrogens is 340 g/mol. The van der Waals surface area contributed by atoms with E-state index in [0.717, 1.165) is 17.7 Å². The van der Waals surface area contributed by atoms with Gasteiger partial charge in [-0.2, -0.15) is 0 Å². The van der Waals surface area contributed by atoms with Gasteiger partial charge in [-0.3, -0.25) is 0 Å². The standard InChI is InChI=1S/C18H24N2O4S/c1-4-9-23-14-7-5-13(6-8-14)16-15(12(2)19-18(25)20-16)17(21)24-11-10-22-3/h5-8,16H,4,9-11H2,1-3H3,(H2,19,20,25). The molecular formula is C18H24N2O4S. The summed E-state index contributed by atoms with van der Waals surface area (Å²) in [7, 11) is 1.56. The molecule has 0 saturated carbocycles. The van der Waals surface area contributed by atoms with Crippen molar-refractivity contribution in [2.45, 2.75) is 26.3 Å². The van der Waals surface area contributed by atoms with E-state index in [1.54, 1.807) is 7.11 Å². The summed E-state index contributed by atoms with van der Waals surface area (Å²) in [4.78, 5) is 12.5. The van der Waals surface area contributed by atoms with Crippen molar-refractivity contribution in [1.82, 2.24) is 10.6 Å². The van der Waals surface area contributed by atoms with Crippen LogP contribution in [0.25, 0.3) is 0 Å². The number of allylic oxidation sites excluding steroid dienone is 1. The molecule has 1 aromatic carbocycles. The highest BCUT2D eigenvalue weighted by molar-refractivity contribution is 7.80. The van der Waals surface area contributed by atoms with E-state index in [1.165, 1.54) is 0 Å². The molecule has 25 heavy (non-hydrogen) atoms. The highest BCUT2D eigenvalue weighted by atomic mass is 32.1. The van der Waals surface area contributed by atoms with Gasteiger partial charge in [-0.05, 0) is 43.3 Å². The van der Waals surface area contributed by atoms with Crippen LogP contribution in [0, 0.1) is 0 Å². The molecule has 1 aliphatic heterocycles. The quantitative estimate of drug-likeness (QED) is 0.417. The third kappa shape index (κ3) is 5.17. The van der Waals surface area contributed by atoms with Crippen LogP contribution in [-0.2, 0) is 14.3 Å². The molecule has 0 radical (unpaired) electrons. The first kappa shape index (κ1) is 19.2. The number of carbonyl (C=O) groups is 1. The van der Waals surface area contributed by atoms with Crippen molar-refractivity contribution in [3.8, 4) is 5.75 Å². The first-order chi connectivity index (χ1) is 12.1. The summed E-state index contributed by atoms with van der Waals surface area (Å²) in [5.41, 5.74) is 2.10. The molecule has 1 unspecified atom stereocenters. The number of rotatable bonds is 8. The Morgan fingerprint density at radius 1 is 1.20 bits per heavy atom. The molecule has 0 amide bonds. The monoisotopic (exact) mass is 364 g/mol. The van der Waals surface area contributed by atoms with Gasteiger partial charge in [0.25, 0.3) is 0 Å². The highest BCUT2D eigenvalue weighted by Gasteiger charge is 2.30. The molecule has 0 fully saturated rings. The van der Waals surface area contributed by atoms with Crippen LogP contribution >= 0.6 is 12.2 Å². The topological polar surface area (TPSA) is 68.8 Å². The van der Waals surface area contributed by atoms with Gasteiger partial charge in [-0.25, -0.2) is 4.79 Å². The zero-order valence-corrected chi connectivity index (χ0v) is 15.6. The third-order valence-corrected chi connectivity index (χ3v) is 3.92. The molecule has 0 spiro atoms. The molecule has 0 saturated heterocycles. The molecule has 0 bridgehead atoms. The number of esters is 1. The van der Waals surface area contributed by atoms with E-state index in [1.807, 2.05) is 31.2 Å². The Labute approximate surface area is 153 Å². The van der Waals surface area contributed by atoms with Crippen LogP contribution in [0.5, 0.6) is 5.75 Å². The van der Waals surface area contributed by atoms with Gasteiger partial charge >= 0.3 is 5.97 Å². The number of hydrogen-bond acceptors (Lipinski definition) is 5. The number of nitrogens with one attached hydrogen (secondary N) is 2. The smallest absolute Gasteiger partial charge is 0.338 e. The van der Waals surface area contributed by atoms with Crippen molar-refractivity contribution in [3.05, 3.63) is 41.1 Å². The summed E-state index contributed by atoms with van der Waals surface area (Å²) in [6.45, 7) is 5.10. The minimum Gasteiger partial charge on any atom is -0.494 e. The second-order valence-electron chi connectivity index (χ2n) is 5.62. The van der Waals surface area contributed by atoms with E-state index in [0.29, 0.717) is 29.6 Å². The van der Waals surface area contributed by atoms with Gasteiger partial charge in [0, 0.05) is 12.8 Å². The summed E-state index contributed by atoms with van der Waals surface area (Å²) >= 11 is 5.24. The van der Waals surface area contributed by atoms with Crippen molar-refractivity contribution in [2.75, 3.05) is 26.9 Å². The van der Waals surface area contributed by atoms with Crippen LogP contribution in [-0.4, -0.2) is 38.0 Å². The number of carbonyl (C=O) groups excluding carboxylic acids is 1. The van der Waals surface area contributed by atoms with E-state index in [-0.39, 0.29) is 12.6 Å². The summed E-state index contributed by atoms with van der Waals surface area (Å²) < 4.78 is 15.8. The van der Waals surface area contributed by atoms with E-state index >= 15 is 0 Å². The van der Waals surface area contributed by atoms with Crippen LogP contribution in [0.2, 0.25) is 0 Å². The predicted molar refractivity (Wildman–Crippen MR) is 99.4 cm³/mol. The molecule has 1 atom stereocenters. The van der Waals surface area contributed by atoms with Gasteiger partial charge in [0.15, 0.2) is 5.11 Å². The van der Waals surface area contributed by atoms with Crippen LogP contribution < -0.4 is 15.4 Å². The van der Waals surface area contributed by atoms with E-state index in [2.05, 4.69) is 17.6 Å². The van der Waals surface area contributed by atoms with E-state index < -0.39 is 5.97 Å². The number of thiocarbonyl (C=S) groups is 1. The first-order valence-corrected chi connectivity index (χ1v) is 8.64. The molecule has 1 heterocycles. The molecule has 1 aromatic rings. The van der Waals surface area contributed by atoms with Crippen molar-refractivity contribution in [2.24, 2.45) is 0 Å². The maximum absolute atomic E-state index is 12.5. The Hall–Kier alpha value is -2.12. The van der Waals surface area contributed by atoms with Crippen LogP contribution in [0.15, 0.2) is 35.5 Å². The number of methoxy groups -OCH3 is 1. The maximum atomic E-state index is 12.5. The van der Waals surface area contributed by atoms with Crippen LogP contribution in [0.1, 0.15) is 31.9 Å². The average Bonchev–Trinajstić information content (AvgIpc) is 2.59. The molecule has 6 nitrogen and oxygen atoms in total. The lowest BCUT2D eigenvalue weighted by molar-refractivity contribution is -0.140. The Balaban J connectivity index is 2.21. The summed E-state index contributed by atoms with van der Waals surface area (Å²) in [5, 5.41) is 6.59. The van der Waals surface area contributed by atoms with Gasteiger partial charge in [0.05, 0.1) is 24.8 Å². The van der Waals surface area contributed by atoms with Gasteiger partial charge < -0.3 is 24.8 Å². The normalized spacial score (nSPS) is 16.9. The maximum Gasteiger partial charge on any atom is 0.338 e. The fourth-order valence-corrected chi connectivity index (χ4v) is 2.76. The van der Waals surface area contributed by atoms with Crippen molar-refractivity contribution < 1.29 is 19.0 Å². The van der Waals surface area contributed by atoms with Crippen LogP contribution in [0.4, 0.5) is 0 Å². The van der Waals surface area contributed by atoms with Gasteiger partial charge in [-0.15, -0.1) is 0 Å². The number of benzene rings is 1. The Morgan fingerprint density at radius 3 is 2.56 bits per heavy atom. The first-order valence-electron chi connectivity index (χ1n) is 8.24. The lowest BCUT2D eigenvalue weighted by Crippen LogP contribution is -2.45.